The predicted molar refractivity (Wildman–Crippen MR) is 75.4 cm³/mol. The van der Waals surface area contributed by atoms with E-state index in [2.05, 4.69) is 0 Å². The highest BCUT2D eigenvalue weighted by Gasteiger charge is 2.24. The van der Waals surface area contributed by atoms with Crippen LogP contribution in [0.2, 0.25) is 0 Å². The number of benzene rings is 1. The zero-order valence-corrected chi connectivity index (χ0v) is 11.9. The van der Waals surface area contributed by atoms with Crippen LogP contribution >= 0.6 is 11.3 Å². The molecule has 0 spiro atoms. The van der Waals surface area contributed by atoms with Gasteiger partial charge in [-0.2, -0.15) is 4.31 Å². The lowest BCUT2D eigenvalue weighted by molar-refractivity contribution is 0.251. The summed E-state index contributed by atoms with van der Waals surface area (Å²) in [5.74, 6) is 0. The monoisotopic (exact) mass is 297 g/mol. The summed E-state index contributed by atoms with van der Waals surface area (Å²) in [7, 11) is -3.53. The molecule has 19 heavy (non-hydrogen) atoms. The van der Waals surface area contributed by atoms with Crippen LogP contribution in [0.25, 0.3) is 0 Å². The molecule has 6 heteroatoms. The van der Waals surface area contributed by atoms with E-state index in [0.717, 1.165) is 5.56 Å². The summed E-state index contributed by atoms with van der Waals surface area (Å²) in [6.45, 7) is 0.161. The third-order valence-electron chi connectivity index (χ3n) is 2.64. The molecular weight excluding hydrogens is 282 g/mol. The molecule has 102 valence electrons. The van der Waals surface area contributed by atoms with Gasteiger partial charge in [0.05, 0.1) is 6.61 Å². The van der Waals surface area contributed by atoms with Gasteiger partial charge < -0.3 is 5.11 Å². The summed E-state index contributed by atoms with van der Waals surface area (Å²) in [5.41, 5.74) is 0.899. The lowest BCUT2D eigenvalue weighted by atomic mass is 10.2. The van der Waals surface area contributed by atoms with Gasteiger partial charge in [0.1, 0.15) is 4.21 Å². The number of nitrogens with zero attached hydrogens (tertiary/aromatic N) is 1. The van der Waals surface area contributed by atoms with Crippen LogP contribution in [0.1, 0.15) is 5.56 Å². The molecule has 1 aromatic carbocycles. The smallest absolute Gasteiger partial charge is 0.252 e. The molecule has 0 amide bonds. The topological polar surface area (TPSA) is 57.6 Å². The first kappa shape index (κ1) is 14.2. The minimum Gasteiger partial charge on any atom is -0.395 e. The molecule has 0 aliphatic heterocycles. The van der Waals surface area contributed by atoms with E-state index in [0.29, 0.717) is 4.21 Å². The van der Waals surface area contributed by atoms with E-state index in [-0.39, 0.29) is 19.7 Å². The van der Waals surface area contributed by atoms with E-state index in [4.69, 9.17) is 5.11 Å². The molecule has 0 unspecified atom stereocenters. The maximum atomic E-state index is 12.4. The maximum Gasteiger partial charge on any atom is 0.252 e. The van der Waals surface area contributed by atoms with Gasteiger partial charge in [-0.1, -0.05) is 36.4 Å². The zero-order valence-electron chi connectivity index (χ0n) is 10.3. The molecular formula is C13H15NO3S2. The molecule has 1 heterocycles. The van der Waals surface area contributed by atoms with Gasteiger partial charge in [0, 0.05) is 13.1 Å². The number of aliphatic hydroxyl groups is 1. The molecule has 1 aromatic heterocycles. The first-order valence-electron chi connectivity index (χ1n) is 5.83. The van der Waals surface area contributed by atoms with E-state index in [1.54, 1.807) is 17.5 Å². The van der Waals surface area contributed by atoms with E-state index in [1.165, 1.54) is 15.6 Å². The van der Waals surface area contributed by atoms with Crippen LogP contribution in [0.5, 0.6) is 0 Å². The Kier molecular flexibility index (Phi) is 4.71. The Morgan fingerprint density at radius 1 is 1.11 bits per heavy atom. The van der Waals surface area contributed by atoms with E-state index >= 15 is 0 Å². The van der Waals surface area contributed by atoms with Gasteiger partial charge in [-0.05, 0) is 17.0 Å². The van der Waals surface area contributed by atoms with Crippen LogP contribution in [-0.2, 0) is 16.6 Å². The van der Waals surface area contributed by atoms with Gasteiger partial charge in [-0.3, -0.25) is 0 Å². The Morgan fingerprint density at radius 2 is 1.84 bits per heavy atom. The van der Waals surface area contributed by atoms with Crippen LogP contribution in [-0.4, -0.2) is 31.0 Å². The molecule has 0 fully saturated rings. The van der Waals surface area contributed by atoms with Crippen molar-refractivity contribution in [3.8, 4) is 0 Å². The van der Waals surface area contributed by atoms with Crippen molar-refractivity contribution in [1.29, 1.82) is 0 Å². The second-order valence-electron chi connectivity index (χ2n) is 3.98. The van der Waals surface area contributed by atoms with Crippen LogP contribution in [0.4, 0.5) is 0 Å². The van der Waals surface area contributed by atoms with Gasteiger partial charge in [0.15, 0.2) is 0 Å². The first-order valence-corrected chi connectivity index (χ1v) is 8.15. The van der Waals surface area contributed by atoms with Crippen LogP contribution < -0.4 is 0 Å². The Labute approximate surface area is 117 Å². The molecule has 0 radical (unpaired) electrons. The van der Waals surface area contributed by atoms with Crippen LogP contribution in [0.3, 0.4) is 0 Å². The highest BCUT2D eigenvalue weighted by Crippen LogP contribution is 2.22. The van der Waals surface area contributed by atoms with Crippen LogP contribution in [0.15, 0.2) is 52.1 Å². The summed E-state index contributed by atoms with van der Waals surface area (Å²) in [6, 6.07) is 12.6. The van der Waals surface area contributed by atoms with Crippen molar-refractivity contribution in [2.24, 2.45) is 0 Å². The average Bonchev–Trinajstić information content (AvgIpc) is 2.94. The van der Waals surface area contributed by atoms with Gasteiger partial charge in [-0.15, -0.1) is 11.3 Å². The van der Waals surface area contributed by atoms with Crippen molar-refractivity contribution in [3.63, 3.8) is 0 Å². The summed E-state index contributed by atoms with van der Waals surface area (Å²) in [4.78, 5) is 0. The van der Waals surface area contributed by atoms with E-state index in [9.17, 15) is 8.42 Å². The SMILES string of the molecule is O=S(=O)(c1cccs1)N(CCO)Cc1ccccc1. The van der Waals surface area contributed by atoms with Crippen molar-refractivity contribution < 1.29 is 13.5 Å². The Bertz CT molecular complexity index is 594. The number of aliphatic hydroxyl groups excluding tert-OH is 1. The largest absolute Gasteiger partial charge is 0.395 e. The number of thiophene rings is 1. The minimum atomic E-state index is -3.53. The molecule has 0 aliphatic rings. The van der Waals surface area contributed by atoms with Crippen LogP contribution in [0, 0.1) is 0 Å². The van der Waals surface area contributed by atoms with E-state index < -0.39 is 10.0 Å². The number of sulfonamides is 1. The van der Waals surface area contributed by atoms with Gasteiger partial charge in [0.25, 0.3) is 10.0 Å². The number of hydrogen-bond acceptors (Lipinski definition) is 4. The summed E-state index contributed by atoms with van der Waals surface area (Å²) in [6.07, 6.45) is 0. The highest BCUT2D eigenvalue weighted by molar-refractivity contribution is 7.91. The normalized spacial score (nSPS) is 11.9. The molecule has 0 aliphatic carbocycles. The highest BCUT2D eigenvalue weighted by atomic mass is 32.2. The van der Waals surface area contributed by atoms with Crippen molar-refractivity contribution in [3.05, 3.63) is 53.4 Å². The second kappa shape index (κ2) is 6.29. The fraction of sp³-hybridized carbons (Fsp3) is 0.231. The fourth-order valence-corrected chi connectivity index (χ4v) is 4.28. The van der Waals surface area contributed by atoms with Crippen molar-refractivity contribution in [2.75, 3.05) is 13.2 Å². The summed E-state index contributed by atoms with van der Waals surface area (Å²) >= 11 is 1.18. The lowest BCUT2D eigenvalue weighted by Crippen LogP contribution is -2.32. The molecule has 0 saturated carbocycles. The predicted octanol–water partition coefficient (Wildman–Crippen LogP) is 1.93. The summed E-state index contributed by atoms with van der Waals surface area (Å²) in [5, 5.41) is 10.8. The van der Waals surface area contributed by atoms with Crippen molar-refractivity contribution >= 4 is 21.4 Å². The summed E-state index contributed by atoms with van der Waals surface area (Å²) < 4.78 is 26.4. The lowest BCUT2D eigenvalue weighted by Gasteiger charge is -2.20. The van der Waals surface area contributed by atoms with Crippen molar-refractivity contribution in [2.45, 2.75) is 10.8 Å². The molecule has 1 N–H and O–H groups in total. The fourth-order valence-electron chi connectivity index (χ4n) is 1.72. The molecule has 0 atom stereocenters. The Hall–Kier alpha value is -1.21. The third-order valence-corrected chi connectivity index (χ3v) is 5.86. The first-order chi connectivity index (χ1) is 9.14. The molecule has 2 rings (SSSR count). The number of rotatable bonds is 6. The van der Waals surface area contributed by atoms with Crippen molar-refractivity contribution in [1.82, 2.24) is 4.31 Å². The van der Waals surface area contributed by atoms with Gasteiger partial charge in [-0.25, -0.2) is 8.42 Å². The Morgan fingerprint density at radius 3 is 2.42 bits per heavy atom. The maximum absolute atomic E-state index is 12.4. The quantitative estimate of drug-likeness (QED) is 0.886. The second-order valence-corrected chi connectivity index (χ2v) is 7.09. The molecule has 2 aromatic rings. The number of hydrogen-bond donors (Lipinski definition) is 1. The van der Waals surface area contributed by atoms with Gasteiger partial charge in [0.2, 0.25) is 0 Å². The third kappa shape index (κ3) is 3.42. The minimum absolute atomic E-state index is 0.0924. The molecule has 4 nitrogen and oxygen atoms in total. The molecule has 0 bridgehead atoms. The van der Waals surface area contributed by atoms with Gasteiger partial charge >= 0.3 is 0 Å². The zero-order chi connectivity index (χ0) is 13.7. The average molecular weight is 297 g/mol. The Balaban J connectivity index is 2.26. The van der Waals surface area contributed by atoms with E-state index in [1.807, 2.05) is 30.3 Å². The molecule has 0 saturated heterocycles. The standard InChI is InChI=1S/C13H15NO3S2/c15-9-8-14(11-12-5-2-1-3-6-12)19(16,17)13-7-4-10-18-13/h1-7,10,15H,8-9,11H2.